The van der Waals surface area contributed by atoms with Gasteiger partial charge < -0.3 is 18.8 Å². The summed E-state index contributed by atoms with van der Waals surface area (Å²) >= 11 is 0. The van der Waals surface area contributed by atoms with E-state index in [9.17, 15) is 4.79 Å². The van der Waals surface area contributed by atoms with E-state index in [2.05, 4.69) is 6.07 Å². The summed E-state index contributed by atoms with van der Waals surface area (Å²) in [5.41, 5.74) is 3.84. The number of ether oxygens (including phenoxy) is 2. The van der Waals surface area contributed by atoms with Crippen LogP contribution in [0.15, 0.2) is 46.9 Å². The van der Waals surface area contributed by atoms with Gasteiger partial charge in [0.2, 0.25) is 0 Å². The fourth-order valence-corrected chi connectivity index (χ4v) is 3.67. The van der Waals surface area contributed by atoms with Crippen molar-refractivity contribution in [2.24, 2.45) is 0 Å². The molecule has 0 aliphatic carbocycles. The first-order chi connectivity index (χ1) is 14.0. The first-order valence-corrected chi connectivity index (χ1v) is 10.0. The van der Waals surface area contributed by atoms with E-state index in [1.807, 2.05) is 50.2 Å². The average Bonchev–Trinajstić information content (AvgIpc) is 3.17. The molecule has 6 heteroatoms. The zero-order chi connectivity index (χ0) is 20.4. The third-order valence-corrected chi connectivity index (χ3v) is 5.27. The lowest BCUT2D eigenvalue weighted by molar-refractivity contribution is 0.0681. The second-order valence-corrected chi connectivity index (χ2v) is 7.66. The highest BCUT2D eigenvalue weighted by Gasteiger charge is 2.28. The molecule has 6 nitrogen and oxygen atoms in total. The van der Waals surface area contributed by atoms with Crippen LogP contribution < -0.4 is 4.74 Å². The van der Waals surface area contributed by atoms with Gasteiger partial charge in [0, 0.05) is 19.0 Å². The topological polar surface area (TPSA) is 64.8 Å². The molecule has 1 aliphatic rings. The number of rotatable bonds is 4. The van der Waals surface area contributed by atoms with Crippen molar-refractivity contribution in [3.05, 3.63) is 48.4 Å². The smallest absolute Gasteiger partial charge is 0.410 e. The first kappa shape index (κ1) is 19.3. The number of methoxy groups -OCH3 is 1. The Kier molecular flexibility index (Phi) is 5.43. The number of oxazole rings is 1. The number of benzene rings is 2. The highest BCUT2D eigenvalue weighted by atomic mass is 16.6. The van der Waals surface area contributed by atoms with Crippen LogP contribution in [0.3, 0.4) is 0 Å². The lowest BCUT2D eigenvalue weighted by Crippen LogP contribution is -2.39. The molecule has 1 saturated heterocycles. The van der Waals surface area contributed by atoms with Gasteiger partial charge in [0.15, 0.2) is 11.5 Å². The highest BCUT2D eigenvalue weighted by molar-refractivity contribution is 5.80. The molecule has 1 aliphatic heterocycles. The summed E-state index contributed by atoms with van der Waals surface area (Å²) in [5, 5.41) is 0. The Balaban J connectivity index is 1.47. The molecule has 4 rings (SSSR count). The molecule has 1 fully saturated rings. The predicted molar refractivity (Wildman–Crippen MR) is 111 cm³/mol. The number of nitrogens with zero attached hydrogens (tertiary/aromatic N) is 2. The SMILES string of the molecule is COc1ccc(-c2ccc3oc(C4CCN(C(=O)OC(C)C)CC4)nc3c2)cc1. The zero-order valence-electron chi connectivity index (χ0n) is 17.1. The summed E-state index contributed by atoms with van der Waals surface area (Å²) < 4.78 is 16.5. The van der Waals surface area contributed by atoms with Crippen molar-refractivity contribution in [1.29, 1.82) is 0 Å². The van der Waals surface area contributed by atoms with Crippen molar-refractivity contribution in [1.82, 2.24) is 9.88 Å². The monoisotopic (exact) mass is 394 g/mol. The number of hydrogen-bond donors (Lipinski definition) is 0. The summed E-state index contributed by atoms with van der Waals surface area (Å²) in [6.45, 7) is 5.05. The lowest BCUT2D eigenvalue weighted by atomic mass is 9.97. The van der Waals surface area contributed by atoms with Gasteiger partial charge in [-0.3, -0.25) is 0 Å². The van der Waals surface area contributed by atoms with Crippen molar-refractivity contribution in [3.8, 4) is 16.9 Å². The van der Waals surface area contributed by atoms with Gasteiger partial charge in [-0.15, -0.1) is 0 Å². The fraction of sp³-hybridized carbons (Fsp3) is 0.391. The lowest BCUT2D eigenvalue weighted by Gasteiger charge is -2.30. The van der Waals surface area contributed by atoms with E-state index in [-0.39, 0.29) is 18.1 Å². The number of carbonyl (C=O) groups excluding carboxylic acids is 1. The van der Waals surface area contributed by atoms with E-state index < -0.39 is 0 Å². The molecule has 152 valence electrons. The van der Waals surface area contributed by atoms with Crippen LogP contribution in [0.5, 0.6) is 5.75 Å². The Morgan fingerprint density at radius 1 is 1.10 bits per heavy atom. The van der Waals surface area contributed by atoms with Gasteiger partial charge >= 0.3 is 6.09 Å². The molecule has 0 atom stereocenters. The molecule has 0 saturated carbocycles. The van der Waals surface area contributed by atoms with E-state index in [0.29, 0.717) is 13.1 Å². The Hall–Kier alpha value is -3.02. The molecular formula is C23H26N2O4. The fourth-order valence-electron chi connectivity index (χ4n) is 3.67. The molecule has 0 radical (unpaired) electrons. The first-order valence-electron chi connectivity index (χ1n) is 10.0. The van der Waals surface area contributed by atoms with Crippen LogP contribution in [0.25, 0.3) is 22.2 Å². The number of likely N-dealkylation sites (tertiary alicyclic amines) is 1. The van der Waals surface area contributed by atoms with Gasteiger partial charge in [0.1, 0.15) is 11.3 Å². The average molecular weight is 394 g/mol. The maximum atomic E-state index is 12.1. The van der Waals surface area contributed by atoms with Gasteiger partial charge in [-0.2, -0.15) is 0 Å². The molecule has 0 bridgehead atoms. The predicted octanol–water partition coefficient (Wildman–Crippen LogP) is 5.23. The van der Waals surface area contributed by atoms with E-state index in [1.165, 1.54) is 0 Å². The van der Waals surface area contributed by atoms with Crippen molar-refractivity contribution in [2.75, 3.05) is 20.2 Å². The summed E-state index contributed by atoms with van der Waals surface area (Å²) in [4.78, 5) is 18.6. The number of fused-ring (bicyclic) bond motifs is 1. The van der Waals surface area contributed by atoms with E-state index >= 15 is 0 Å². The quantitative estimate of drug-likeness (QED) is 0.606. The van der Waals surface area contributed by atoms with Gasteiger partial charge in [0.25, 0.3) is 0 Å². The van der Waals surface area contributed by atoms with E-state index in [1.54, 1.807) is 12.0 Å². The molecule has 1 amide bonds. The molecule has 3 aromatic rings. The van der Waals surface area contributed by atoms with Crippen LogP contribution in [0.4, 0.5) is 4.79 Å². The summed E-state index contributed by atoms with van der Waals surface area (Å²) in [6, 6.07) is 14.0. The number of piperidine rings is 1. The largest absolute Gasteiger partial charge is 0.497 e. The second kappa shape index (κ2) is 8.15. The van der Waals surface area contributed by atoms with Gasteiger partial charge in [-0.25, -0.2) is 9.78 Å². The van der Waals surface area contributed by atoms with Crippen LogP contribution in [0.2, 0.25) is 0 Å². The number of hydrogen-bond acceptors (Lipinski definition) is 5. The molecule has 1 aromatic heterocycles. The number of carbonyl (C=O) groups is 1. The third kappa shape index (κ3) is 4.21. The summed E-state index contributed by atoms with van der Waals surface area (Å²) in [5.74, 6) is 1.81. The highest BCUT2D eigenvalue weighted by Crippen LogP contribution is 2.32. The standard InChI is InChI=1S/C23H26N2O4/c1-15(2)28-23(26)25-12-10-17(11-13-25)22-24-20-14-18(6-9-21(20)29-22)16-4-7-19(27-3)8-5-16/h4-9,14-15,17H,10-13H2,1-3H3. The normalized spacial score (nSPS) is 15.1. The minimum absolute atomic E-state index is 0.0999. The van der Waals surface area contributed by atoms with Crippen LogP contribution in [0, 0.1) is 0 Å². The molecule has 0 unspecified atom stereocenters. The molecule has 2 aromatic carbocycles. The molecule has 0 N–H and O–H groups in total. The Labute approximate surface area is 170 Å². The molecule has 29 heavy (non-hydrogen) atoms. The minimum atomic E-state index is -0.236. The van der Waals surface area contributed by atoms with Crippen molar-refractivity contribution < 1.29 is 18.7 Å². The maximum absolute atomic E-state index is 12.1. The second-order valence-electron chi connectivity index (χ2n) is 7.66. The van der Waals surface area contributed by atoms with Crippen molar-refractivity contribution >= 4 is 17.2 Å². The minimum Gasteiger partial charge on any atom is -0.497 e. The van der Waals surface area contributed by atoms with Gasteiger partial charge in [-0.1, -0.05) is 18.2 Å². The van der Waals surface area contributed by atoms with Crippen LogP contribution in [-0.2, 0) is 4.74 Å². The molecule has 2 heterocycles. The van der Waals surface area contributed by atoms with Crippen LogP contribution in [-0.4, -0.2) is 42.3 Å². The summed E-state index contributed by atoms with van der Waals surface area (Å²) in [7, 11) is 1.66. The van der Waals surface area contributed by atoms with Crippen molar-refractivity contribution in [3.63, 3.8) is 0 Å². The third-order valence-electron chi connectivity index (χ3n) is 5.27. The maximum Gasteiger partial charge on any atom is 0.410 e. The van der Waals surface area contributed by atoms with E-state index in [0.717, 1.165) is 46.7 Å². The Morgan fingerprint density at radius 3 is 2.45 bits per heavy atom. The van der Waals surface area contributed by atoms with E-state index in [4.69, 9.17) is 18.9 Å². The molecule has 0 spiro atoms. The van der Waals surface area contributed by atoms with Gasteiger partial charge in [0.05, 0.1) is 13.2 Å². The van der Waals surface area contributed by atoms with Crippen LogP contribution in [0.1, 0.15) is 38.5 Å². The summed E-state index contributed by atoms with van der Waals surface area (Å²) in [6.07, 6.45) is 1.31. The zero-order valence-corrected chi connectivity index (χ0v) is 17.1. The van der Waals surface area contributed by atoms with Crippen LogP contribution >= 0.6 is 0 Å². The Morgan fingerprint density at radius 2 is 1.79 bits per heavy atom. The van der Waals surface area contributed by atoms with Crippen molar-refractivity contribution in [2.45, 2.75) is 38.7 Å². The molecular weight excluding hydrogens is 368 g/mol. The van der Waals surface area contributed by atoms with Gasteiger partial charge in [-0.05, 0) is 62.1 Å². The number of aromatic nitrogens is 1. The number of amides is 1. The Bertz CT molecular complexity index is 986.